The van der Waals surface area contributed by atoms with E-state index in [0.717, 1.165) is 18.4 Å². The van der Waals surface area contributed by atoms with E-state index in [1.807, 2.05) is 0 Å². The summed E-state index contributed by atoms with van der Waals surface area (Å²) in [7, 11) is 0. The maximum absolute atomic E-state index is 10.9. The molecular formula is C12H12O3. The second-order valence-corrected chi connectivity index (χ2v) is 3.77. The van der Waals surface area contributed by atoms with Gasteiger partial charge < -0.3 is 10.2 Å². The first-order chi connectivity index (χ1) is 7.16. The molecule has 2 N–H and O–H groups in total. The van der Waals surface area contributed by atoms with Gasteiger partial charge in [0.1, 0.15) is 5.75 Å². The molecule has 1 aliphatic rings. The predicted octanol–water partition coefficient (Wildman–Crippen LogP) is 2.27. The maximum atomic E-state index is 10.9. The first-order valence-corrected chi connectivity index (χ1v) is 4.91. The fraction of sp³-hybridized carbons (Fsp3) is 0.250. The van der Waals surface area contributed by atoms with Crippen molar-refractivity contribution in [2.45, 2.75) is 12.8 Å². The molecule has 1 fully saturated rings. The standard InChI is InChI=1S/C12H12O3/c13-10-3-1-2-8(6-10)7-11(12(14)15)9-4-5-9/h1-3,6-7,9,13H,4-5H2,(H,14,15)/b11-7-. The summed E-state index contributed by atoms with van der Waals surface area (Å²) in [6.07, 6.45) is 3.55. The van der Waals surface area contributed by atoms with Crippen molar-refractivity contribution in [2.75, 3.05) is 0 Å². The van der Waals surface area contributed by atoms with Crippen molar-refractivity contribution in [2.24, 2.45) is 5.92 Å². The average Bonchev–Trinajstić information content (AvgIpc) is 2.97. The number of hydrogen-bond acceptors (Lipinski definition) is 2. The molecule has 0 heterocycles. The number of benzene rings is 1. The predicted molar refractivity (Wildman–Crippen MR) is 56.4 cm³/mol. The van der Waals surface area contributed by atoms with E-state index in [4.69, 9.17) is 5.11 Å². The third-order valence-corrected chi connectivity index (χ3v) is 2.46. The summed E-state index contributed by atoms with van der Waals surface area (Å²) in [6, 6.07) is 6.61. The van der Waals surface area contributed by atoms with E-state index in [0.29, 0.717) is 5.57 Å². The van der Waals surface area contributed by atoms with Crippen LogP contribution in [0, 0.1) is 5.92 Å². The molecule has 1 aromatic carbocycles. The van der Waals surface area contributed by atoms with Crippen LogP contribution in [-0.4, -0.2) is 16.2 Å². The Bertz CT molecular complexity index is 417. The van der Waals surface area contributed by atoms with Crippen LogP contribution in [0.4, 0.5) is 0 Å². The first kappa shape index (κ1) is 9.77. The number of phenols is 1. The summed E-state index contributed by atoms with van der Waals surface area (Å²) in [6.45, 7) is 0. The van der Waals surface area contributed by atoms with Crippen LogP contribution in [0.1, 0.15) is 18.4 Å². The topological polar surface area (TPSA) is 57.5 Å². The van der Waals surface area contributed by atoms with E-state index in [9.17, 15) is 9.90 Å². The highest BCUT2D eigenvalue weighted by Crippen LogP contribution is 2.37. The first-order valence-electron chi connectivity index (χ1n) is 4.91. The van der Waals surface area contributed by atoms with Gasteiger partial charge in [-0.3, -0.25) is 0 Å². The van der Waals surface area contributed by atoms with Gasteiger partial charge in [0.15, 0.2) is 0 Å². The number of hydrogen-bond donors (Lipinski definition) is 2. The molecule has 0 aliphatic heterocycles. The molecule has 0 radical (unpaired) electrons. The molecule has 3 heteroatoms. The Hall–Kier alpha value is -1.77. The van der Waals surface area contributed by atoms with E-state index >= 15 is 0 Å². The molecule has 0 bridgehead atoms. The van der Waals surface area contributed by atoms with Gasteiger partial charge in [-0.2, -0.15) is 0 Å². The monoisotopic (exact) mass is 204 g/mol. The molecule has 1 aliphatic carbocycles. The second-order valence-electron chi connectivity index (χ2n) is 3.77. The molecule has 15 heavy (non-hydrogen) atoms. The van der Waals surface area contributed by atoms with Crippen LogP contribution < -0.4 is 0 Å². The summed E-state index contributed by atoms with van der Waals surface area (Å²) in [5, 5.41) is 18.2. The minimum atomic E-state index is -0.860. The number of rotatable bonds is 3. The molecule has 78 valence electrons. The van der Waals surface area contributed by atoms with E-state index in [2.05, 4.69) is 0 Å². The van der Waals surface area contributed by atoms with Gasteiger partial charge in [-0.15, -0.1) is 0 Å². The zero-order chi connectivity index (χ0) is 10.8. The van der Waals surface area contributed by atoms with Crippen molar-refractivity contribution >= 4 is 12.0 Å². The fourth-order valence-corrected chi connectivity index (χ4v) is 1.54. The van der Waals surface area contributed by atoms with Crippen LogP contribution in [0.2, 0.25) is 0 Å². The van der Waals surface area contributed by atoms with Crippen molar-refractivity contribution in [3.05, 3.63) is 35.4 Å². The van der Waals surface area contributed by atoms with Crippen molar-refractivity contribution in [1.82, 2.24) is 0 Å². The Labute approximate surface area is 87.7 Å². The molecule has 1 saturated carbocycles. The maximum Gasteiger partial charge on any atom is 0.331 e. The lowest BCUT2D eigenvalue weighted by Crippen LogP contribution is -2.01. The molecule has 0 unspecified atom stereocenters. The molecule has 2 rings (SSSR count). The lowest BCUT2D eigenvalue weighted by atomic mass is 10.1. The van der Waals surface area contributed by atoms with Crippen molar-refractivity contribution in [3.63, 3.8) is 0 Å². The van der Waals surface area contributed by atoms with E-state index in [-0.39, 0.29) is 11.7 Å². The minimum absolute atomic E-state index is 0.157. The van der Waals surface area contributed by atoms with Gasteiger partial charge in [-0.25, -0.2) is 4.79 Å². The van der Waals surface area contributed by atoms with Gasteiger partial charge in [-0.05, 0) is 42.5 Å². The number of carboxylic acids is 1. The van der Waals surface area contributed by atoms with Crippen LogP contribution in [0.15, 0.2) is 29.8 Å². The number of carbonyl (C=O) groups is 1. The van der Waals surface area contributed by atoms with Crippen LogP contribution in [0.5, 0.6) is 5.75 Å². The smallest absolute Gasteiger partial charge is 0.331 e. The van der Waals surface area contributed by atoms with Crippen LogP contribution in [0.25, 0.3) is 6.08 Å². The molecule has 3 nitrogen and oxygen atoms in total. The highest BCUT2D eigenvalue weighted by atomic mass is 16.4. The van der Waals surface area contributed by atoms with Gasteiger partial charge in [0, 0.05) is 5.57 Å². The summed E-state index contributed by atoms with van der Waals surface area (Å²) in [5.41, 5.74) is 1.18. The molecular weight excluding hydrogens is 192 g/mol. The number of phenolic OH excluding ortho intramolecular Hbond substituents is 1. The normalized spacial score (nSPS) is 16.4. The van der Waals surface area contributed by atoms with E-state index < -0.39 is 5.97 Å². The van der Waals surface area contributed by atoms with Crippen LogP contribution in [0.3, 0.4) is 0 Å². The zero-order valence-corrected chi connectivity index (χ0v) is 8.18. The summed E-state index contributed by atoms with van der Waals surface area (Å²) in [5.74, 6) is -0.505. The molecule has 0 saturated heterocycles. The summed E-state index contributed by atoms with van der Waals surface area (Å²) in [4.78, 5) is 10.9. The lowest BCUT2D eigenvalue weighted by molar-refractivity contribution is -0.132. The van der Waals surface area contributed by atoms with Crippen molar-refractivity contribution in [1.29, 1.82) is 0 Å². The molecule has 1 aromatic rings. The lowest BCUT2D eigenvalue weighted by Gasteiger charge is -2.00. The van der Waals surface area contributed by atoms with Crippen molar-refractivity contribution < 1.29 is 15.0 Å². The quantitative estimate of drug-likeness (QED) is 0.742. The Balaban J connectivity index is 2.30. The van der Waals surface area contributed by atoms with Crippen LogP contribution in [-0.2, 0) is 4.79 Å². The molecule has 0 atom stereocenters. The van der Waals surface area contributed by atoms with Gasteiger partial charge in [0.25, 0.3) is 0 Å². The average molecular weight is 204 g/mol. The Morgan fingerprint density at radius 3 is 2.67 bits per heavy atom. The molecule has 0 spiro atoms. The minimum Gasteiger partial charge on any atom is -0.508 e. The highest BCUT2D eigenvalue weighted by molar-refractivity contribution is 5.93. The third-order valence-electron chi connectivity index (χ3n) is 2.46. The Kier molecular flexibility index (Phi) is 2.46. The van der Waals surface area contributed by atoms with E-state index in [1.165, 1.54) is 0 Å². The van der Waals surface area contributed by atoms with Crippen LogP contribution >= 0.6 is 0 Å². The van der Waals surface area contributed by atoms with Crippen molar-refractivity contribution in [3.8, 4) is 5.75 Å². The largest absolute Gasteiger partial charge is 0.508 e. The number of carboxylic acid groups (broad SMARTS) is 1. The summed E-state index contributed by atoms with van der Waals surface area (Å²) < 4.78 is 0. The molecule has 0 amide bonds. The number of aromatic hydroxyl groups is 1. The third kappa shape index (κ3) is 2.37. The van der Waals surface area contributed by atoms with Gasteiger partial charge in [-0.1, -0.05) is 12.1 Å². The second kappa shape index (κ2) is 3.77. The highest BCUT2D eigenvalue weighted by Gasteiger charge is 2.30. The number of aliphatic carboxylic acids is 1. The Morgan fingerprint density at radius 1 is 1.40 bits per heavy atom. The van der Waals surface area contributed by atoms with Gasteiger partial charge in [0.2, 0.25) is 0 Å². The van der Waals surface area contributed by atoms with E-state index in [1.54, 1.807) is 30.3 Å². The zero-order valence-electron chi connectivity index (χ0n) is 8.18. The van der Waals surface area contributed by atoms with Gasteiger partial charge >= 0.3 is 5.97 Å². The SMILES string of the molecule is O=C(O)/C(=C\c1cccc(O)c1)C1CC1. The Morgan fingerprint density at radius 2 is 2.13 bits per heavy atom. The van der Waals surface area contributed by atoms with Gasteiger partial charge in [0.05, 0.1) is 0 Å². The summed E-state index contributed by atoms with van der Waals surface area (Å²) >= 11 is 0. The fourth-order valence-electron chi connectivity index (χ4n) is 1.54. The molecule has 0 aromatic heterocycles.